The van der Waals surface area contributed by atoms with Gasteiger partial charge in [0.15, 0.2) is 12.8 Å². The van der Waals surface area contributed by atoms with Crippen LogP contribution in [0.25, 0.3) is 77.1 Å². The van der Waals surface area contributed by atoms with E-state index in [1.807, 2.05) is 0 Å². The normalized spacial score (nSPS) is 11.5. The minimum Gasteiger partial charge on any atom is -0.451 e. The van der Waals surface area contributed by atoms with Gasteiger partial charge in [-0.15, -0.1) is 0 Å². The van der Waals surface area contributed by atoms with E-state index in [-0.39, 0.29) is 0 Å². The number of benzene rings is 6. The van der Waals surface area contributed by atoms with Crippen LogP contribution >= 0.6 is 0 Å². The van der Waals surface area contributed by atoms with Gasteiger partial charge in [-0.05, 0) is 78.8 Å². The largest absolute Gasteiger partial charge is 0.451 e. The van der Waals surface area contributed by atoms with Crippen LogP contribution in [0.2, 0.25) is 0 Å². The van der Waals surface area contributed by atoms with Crippen LogP contribution in [0.4, 0.5) is 0 Å². The van der Waals surface area contributed by atoms with E-state index in [9.17, 15) is 0 Å². The summed E-state index contributed by atoms with van der Waals surface area (Å²) in [4.78, 5) is 8.64. The van der Waals surface area contributed by atoms with Crippen molar-refractivity contribution in [3.63, 3.8) is 0 Å². The maximum absolute atomic E-state index is 5.20. The Morgan fingerprint density at radius 3 is 1.23 bits per heavy atom. The van der Waals surface area contributed by atoms with E-state index in [2.05, 4.69) is 119 Å². The van der Waals surface area contributed by atoms with Crippen molar-refractivity contribution in [2.75, 3.05) is 0 Å². The molecule has 0 N–H and O–H groups in total. The molecule has 40 heavy (non-hydrogen) atoms. The summed E-state index contributed by atoms with van der Waals surface area (Å²) in [6, 6.07) is 39.2. The molecule has 0 saturated heterocycles. The summed E-state index contributed by atoms with van der Waals surface area (Å²) < 4.78 is 10.4. The molecule has 8 rings (SSSR count). The number of fused-ring (bicyclic) bond motifs is 6. The predicted molar refractivity (Wildman–Crippen MR) is 161 cm³/mol. The van der Waals surface area contributed by atoms with Crippen LogP contribution < -0.4 is 0 Å². The fourth-order valence-electron chi connectivity index (χ4n) is 5.74. The molecule has 4 heteroatoms. The second-order valence-corrected chi connectivity index (χ2v) is 9.98. The Morgan fingerprint density at radius 2 is 0.775 bits per heavy atom. The van der Waals surface area contributed by atoms with Crippen molar-refractivity contribution >= 4 is 32.3 Å². The molecule has 0 unspecified atom stereocenters. The first-order chi connectivity index (χ1) is 19.8. The number of hydrogen-bond acceptors (Lipinski definition) is 4. The highest BCUT2D eigenvalue weighted by Crippen LogP contribution is 2.39. The zero-order chi connectivity index (χ0) is 26.5. The molecule has 8 aromatic rings. The Balaban J connectivity index is 1.30. The van der Waals surface area contributed by atoms with Gasteiger partial charge in [0, 0.05) is 11.1 Å². The van der Waals surface area contributed by atoms with Crippen molar-refractivity contribution < 1.29 is 8.83 Å². The summed E-state index contributed by atoms with van der Waals surface area (Å²) in [5.41, 5.74) is 8.38. The summed E-state index contributed by atoms with van der Waals surface area (Å²) in [5, 5.41) is 7.46. The number of oxazole rings is 2. The molecule has 0 spiro atoms. The number of hydrogen-bond donors (Lipinski definition) is 0. The third-order valence-electron chi connectivity index (χ3n) is 7.68. The highest BCUT2D eigenvalue weighted by atomic mass is 16.3. The Hall–Kier alpha value is -5.48. The summed E-state index contributed by atoms with van der Waals surface area (Å²) in [6.45, 7) is 0. The zero-order valence-corrected chi connectivity index (χ0v) is 21.4. The zero-order valence-electron chi connectivity index (χ0n) is 21.4. The van der Waals surface area contributed by atoms with Crippen LogP contribution in [0.5, 0.6) is 0 Å². The summed E-state index contributed by atoms with van der Waals surface area (Å²) in [6.07, 6.45) is 6.29. The van der Waals surface area contributed by atoms with Crippen molar-refractivity contribution in [3.05, 3.63) is 135 Å². The van der Waals surface area contributed by atoms with Crippen LogP contribution in [-0.4, -0.2) is 9.97 Å². The highest BCUT2D eigenvalue weighted by Gasteiger charge is 2.12. The van der Waals surface area contributed by atoms with Gasteiger partial charge in [-0.25, -0.2) is 9.97 Å². The van der Waals surface area contributed by atoms with E-state index in [0.717, 1.165) is 33.6 Å². The van der Waals surface area contributed by atoms with Gasteiger partial charge in [0.05, 0.1) is 0 Å². The SMILES string of the molecule is c1cc(-c2ccc3c4ccc(-c5cccc(-c6cocn6)c5)cc4c4ccccc4c3c2)cc(-c2cocn2)c1. The standard InChI is InChI=1S/C36H22N2O2/c1-2-10-30-29(9-1)33-17-25(23-5-3-7-27(15-23)35-19-39-21-37-35)11-13-31(33)32-14-12-26(18-34(30)32)24-6-4-8-28(16-24)36-20-40-22-38-36/h1-22H. The summed E-state index contributed by atoms with van der Waals surface area (Å²) >= 11 is 0. The molecule has 2 heterocycles. The van der Waals surface area contributed by atoms with Crippen LogP contribution in [-0.2, 0) is 0 Å². The molecule has 0 saturated carbocycles. The fourth-order valence-corrected chi connectivity index (χ4v) is 5.74. The van der Waals surface area contributed by atoms with Gasteiger partial charge in [-0.3, -0.25) is 0 Å². The van der Waals surface area contributed by atoms with Gasteiger partial charge >= 0.3 is 0 Å². The van der Waals surface area contributed by atoms with Crippen LogP contribution in [0.1, 0.15) is 0 Å². The molecule has 0 aliphatic heterocycles. The molecule has 0 atom stereocenters. The average Bonchev–Trinajstić information content (AvgIpc) is 3.77. The lowest BCUT2D eigenvalue weighted by Gasteiger charge is -2.14. The Labute approximate surface area is 230 Å². The summed E-state index contributed by atoms with van der Waals surface area (Å²) in [5.74, 6) is 0. The Kier molecular flexibility index (Phi) is 5.10. The van der Waals surface area contributed by atoms with E-state index in [1.54, 1.807) is 12.5 Å². The second kappa shape index (κ2) is 9.07. The number of nitrogens with zero attached hydrogens (tertiary/aromatic N) is 2. The smallest absolute Gasteiger partial charge is 0.181 e. The molecular formula is C36H22N2O2. The molecule has 2 aromatic heterocycles. The Morgan fingerprint density at radius 1 is 0.350 bits per heavy atom. The van der Waals surface area contributed by atoms with Gasteiger partial charge in [0.1, 0.15) is 23.9 Å². The van der Waals surface area contributed by atoms with Crippen molar-refractivity contribution in [2.45, 2.75) is 0 Å². The maximum atomic E-state index is 5.20. The molecule has 0 amide bonds. The predicted octanol–water partition coefficient (Wildman–Crippen LogP) is 9.79. The number of rotatable bonds is 4. The van der Waals surface area contributed by atoms with Crippen LogP contribution in [0.15, 0.2) is 143 Å². The highest BCUT2D eigenvalue weighted by molar-refractivity contribution is 6.26. The van der Waals surface area contributed by atoms with Gasteiger partial charge < -0.3 is 8.83 Å². The Bertz CT molecular complexity index is 1980. The molecule has 0 aliphatic carbocycles. The average molecular weight is 515 g/mol. The van der Waals surface area contributed by atoms with Gasteiger partial charge in [0.2, 0.25) is 0 Å². The van der Waals surface area contributed by atoms with E-state index in [4.69, 9.17) is 8.83 Å². The minimum atomic E-state index is 0.835. The molecule has 0 radical (unpaired) electrons. The first-order valence-corrected chi connectivity index (χ1v) is 13.2. The first kappa shape index (κ1) is 22.5. The lowest BCUT2D eigenvalue weighted by molar-refractivity contribution is 0.558. The first-order valence-electron chi connectivity index (χ1n) is 13.2. The van der Waals surface area contributed by atoms with Crippen molar-refractivity contribution in [3.8, 4) is 44.8 Å². The van der Waals surface area contributed by atoms with Crippen molar-refractivity contribution in [2.24, 2.45) is 0 Å². The van der Waals surface area contributed by atoms with Gasteiger partial charge in [-0.2, -0.15) is 0 Å². The van der Waals surface area contributed by atoms with E-state index in [1.165, 1.54) is 56.2 Å². The van der Waals surface area contributed by atoms with Gasteiger partial charge in [-0.1, -0.05) is 84.9 Å². The van der Waals surface area contributed by atoms with Crippen molar-refractivity contribution in [1.29, 1.82) is 0 Å². The van der Waals surface area contributed by atoms with E-state index in [0.29, 0.717) is 0 Å². The fraction of sp³-hybridized carbons (Fsp3) is 0. The molecule has 4 nitrogen and oxygen atoms in total. The maximum Gasteiger partial charge on any atom is 0.181 e. The van der Waals surface area contributed by atoms with Gasteiger partial charge in [0.25, 0.3) is 0 Å². The molecule has 188 valence electrons. The molecule has 6 aromatic carbocycles. The quantitative estimate of drug-likeness (QED) is 0.219. The van der Waals surface area contributed by atoms with Crippen molar-refractivity contribution in [1.82, 2.24) is 9.97 Å². The molecule has 0 bridgehead atoms. The third-order valence-corrected chi connectivity index (χ3v) is 7.68. The minimum absolute atomic E-state index is 0.835. The third kappa shape index (κ3) is 3.69. The second-order valence-electron chi connectivity index (χ2n) is 9.98. The van der Waals surface area contributed by atoms with E-state index >= 15 is 0 Å². The molecule has 0 aliphatic rings. The van der Waals surface area contributed by atoms with E-state index < -0.39 is 0 Å². The number of aromatic nitrogens is 2. The molecule has 0 fully saturated rings. The lowest BCUT2D eigenvalue weighted by atomic mass is 9.90. The summed E-state index contributed by atoms with van der Waals surface area (Å²) in [7, 11) is 0. The topological polar surface area (TPSA) is 52.1 Å². The van der Waals surface area contributed by atoms with Crippen LogP contribution in [0.3, 0.4) is 0 Å². The monoisotopic (exact) mass is 514 g/mol. The molecular weight excluding hydrogens is 492 g/mol. The lowest BCUT2D eigenvalue weighted by Crippen LogP contribution is -1.87. The van der Waals surface area contributed by atoms with Crippen LogP contribution in [0, 0.1) is 0 Å².